The van der Waals surface area contributed by atoms with Gasteiger partial charge in [-0.05, 0) is 49.0 Å². The van der Waals surface area contributed by atoms with Crippen LogP contribution in [0, 0.1) is 16.8 Å². The third kappa shape index (κ3) is 3.27. The molecular weight excluding hydrogens is 464 g/mol. The number of thioether (sulfide) groups is 1. The van der Waals surface area contributed by atoms with Crippen LogP contribution in [-0.2, 0) is 9.59 Å². The van der Waals surface area contributed by atoms with E-state index in [0.717, 1.165) is 21.0 Å². The fourth-order valence-electron chi connectivity index (χ4n) is 4.37. The van der Waals surface area contributed by atoms with E-state index >= 15 is 0 Å². The van der Waals surface area contributed by atoms with Crippen molar-refractivity contribution in [3.8, 4) is 11.5 Å². The van der Waals surface area contributed by atoms with Gasteiger partial charge in [-0.15, -0.1) is 11.3 Å². The molecule has 6 nitrogen and oxygen atoms in total. The smallest absolute Gasteiger partial charge is 0.248 e. The summed E-state index contributed by atoms with van der Waals surface area (Å²) in [6, 6.07) is 13.1. The van der Waals surface area contributed by atoms with E-state index in [1.807, 2.05) is 49.4 Å². The van der Waals surface area contributed by atoms with Crippen molar-refractivity contribution in [2.45, 2.75) is 23.1 Å². The van der Waals surface area contributed by atoms with Crippen LogP contribution >= 0.6 is 35.3 Å². The Morgan fingerprint density at radius 3 is 2.41 bits per heavy atom. The molecular formula is C23H20N2O4S3. The maximum absolute atomic E-state index is 13.7. The van der Waals surface area contributed by atoms with Crippen molar-refractivity contribution in [3.05, 3.63) is 62.4 Å². The lowest BCUT2D eigenvalue weighted by Gasteiger charge is -2.30. The number of thiazole rings is 1. The number of methoxy groups -OCH3 is 2. The minimum absolute atomic E-state index is 0.193. The number of hydrogen-bond acceptors (Lipinski definition) is 7. The van der Waals surface area contributed by atoms with Crippen LogP contribution in [0.3, 0.4) is 0 Å². The van der Waals surface area contributed by atoms with E-state index in [0.29, 0.717) is 21.1 Å². The number of hydrogen-bond donors (Lipinski definition) is 1. The Labute approximate surface area is 198 Å². The van der Waals surface area contributed by atoms with E-state index in [-0.39, 0.29) is 17.7 Å². The molecule has 0 aliphatic carbocycles. The summed E-state index contributed by atoms with van der Waals surface area (Å²) in [5, 5.41) is 0.322. The quantitative estimate of drug-likeness (QED) is 0.418. The zero-order valence-electron chi connectivity index (χ0n) is 17.6. The van der Waals surface area contributed by atoms with Gasteiger partial charge in [-0.25, -0.2) is 4.90 Å². The number of fused-ring (bicyclic) bond motifs is 2. The molecule has 3 aromatic rings. The minimum Gasteiger partial charge on any atom is -0.493 e. The molecule has 1 saturated heterocycles. The standard InChI is InChI=1S/C23H20N2O4S3/c1-11-4-7-13(8-5-11)25-21(26)17-16(12-6-9-14(28-2)15(10-12)29-3)18-20(24-23(30)32-18)31-19(17)22(25)27/h4-10,16-17,19H,1-3H3,(H,24,30)/t16-,17+,19+/m0/s1. The summed E-state index contributed by atoms with van der Waals surface area (Å²) in [6.07, 6.45) is 0. The molecule has 2 aliphatic heterocycles. The van der Waals surface area contributed by atoms with Gasteiger partial charge in [-0.1, -0.05) is 35.5 Å². The van der Waals surface area contributed by atoms with E-state index < -0.39 is 11.2 Å². The Balaban J connectivity index is 1.65. The number of ether oxygens (including phenoxy) is 2. The summed E-state index contributed by atoms with van der Waals surface area (Å²) < 4.78 is 11.5. The summed E-state index contributed by atoms with van der Waals surface area (Å²) in [5.74, 6) is -0.0685. The van der Waals surface area contributed by atoms with Crippen molar-refractivity contribution in [1.29, 1.82) is 0 Å². The van der Waals surface area contributed by atoms with Crippen molar-refractivity contribution < 1.29 is 19.1 Å². The fourth-order valence-corrected chi connectivity index (χ4v) is 7.33. The molecule has 164 valence electrons. The van der Waals surface area contributed by atoms with Gasteiger partial charge in [0, 0.05) is 10.8 Å². The number of aromatic nitrogens is 1. The maximum atomic E-state index is 13.7. The van der Waals surface area contributed by atoms with Crippen molar-refractivity contribution in [2.75, 3.05) is 19.1 Å². The number of H-pyrrole nitrogens is 1. The molecule has 1 aromatic heterocycles. The molecule has 32 heavy (non-hydrogen) atoms. The topological polar surface area (TPSA) is 71.6 Å². The van der Waals surface area contributed by atoms with Gasteiger partial charge in [0.2, 0.25) is 11.8 Å². The number of nitrogens with one attached hydrogen (secondary N) is 1. The van der Waals surface area contributed by atoms with E-state index in [1.165, 1.54) is 28.0 Å². The number of nitrogens with zero attached hydrogens (tertiary/aromatic N) is 1. The molecule has 2 aromatic carbocycles. The Hall–Kier alpha value is -2.62. The number of amides is 2. The first kappa shape index (κ1) is 21.2. The highest BCUT2D eigenvalue weighted by molar-refractivity contribution is 8.01. The van der Waals surface area contributed by atoms with Crippen LogP contribution in [0.25, 0.3) is 0 Å². The number of benzene rings is 2. The van der Waals surface area contributed by atoms with Crippen LogP contribution in [-0.4, -0.2) is 36.3 Å². The van der Waals surface area contributed by atoms with Crippen molar-refractivity contribution in [1.82, 2.24) is 4.98 Å². The van der Waals surface area contributed by atoms with Gasteiger partial charge in [0.1, 0.15) is 5.25 Å². The number of aromatic amines is 1. The minimum atomic E-state index is -0.541. The first-order valence-corrected chi connectivity index (χ1v) is 12.1. The van der Waals surface area contributed by atoms with Crippen LogP contribution in [0.4, 0.5) is 5.69 Å². The van der Waals surface area contributed by atoms with Gasteiger partial charge in [0.05, 0.1) is 30.9 Å². The van der Waals surface area contributed by atoms with E-state index in [9.17, 15) is 9.59 Å². The Bertz CT molecular complexity index is 1280. The first-order chi connectivity index (χ1) is 15.4. The highest BCUT2D eigenvalue weighted by Gasteiger charge is 2.56. The van der Waals surface area contributed by atoms with Crippen LogP contribution in [0.1, 0.15) is 21.9 Å². The fraction of sp³-hybridized carbons (Fsp3) is 0.261. The average molecular weight is 485 g/mol. The Kier molecular flexibility index (Phi) is 5.35. The Morgan fingerprint density at radius 2 is 1.72 bits per heavy atom. The number of rotatable bonds is 4. The largest absolute Gasteiger partial charge is 0.493 e. The summed E-state index contributed by atoms with van der Waals surface area (Å²) in [5.41, 5.74) is 2.55. The van der Waals surface area contributed by atoms with Gasteiger partial charge in [0.25, 0.3) is 0 Å². The molecule has 9 heteroatoms. The zero-order chi connectivity index (χ0) is 22.6. The van der Waals surface area contributed by atoms with Crippen molar-refractivity contribution >= 4 is 52.8 Å². The molecule has 2 amide bonds. The predicted octanol–water partition coefficient (Wildman–Crippen LogP) is 4.93. The number of anilines is 1. The van der Waals surface area contributed by atoms with Gasteiger partial charge in [-0.3, -0.25) is 9.59 Å². The second-order valence-corrected chi connectivity index (χ2v) is 10.6. The van der Waals surface area contributed by atoms with Crippen LogP contribution in [0.5, 0.6) is 11.5 Å². The van der Waals surface area contributed by atoms with Gasteiger partial charge >= 0.3 is 0 Å². The van der Waals surface area contributed by atoms with Crippen molar-refractivity contribution in [3.63, 3.8) is 0 Å². The molecule has 3 heterocycles. The van der Waals surface area contributed by atoms with Crippen LogP contribution < -0.4 is 14.4 Å². The molecule has 1 N–H and O–H groups in total. The highest BCUT2D eigenvalue weighted by atomic mass is 32.2. The highest BCUT2D eigenvalue weighted by Crippen LogP contribution is 2.54. The lowest BCUT2D eigenvalue weighted by Crippen LogP contribution is -2.32. The first-order valence-electron chi connectivity index (χ1n) is 9.99. The third-order valence-corrected chi connectivity index (χ3v) is 8.64. The monoisotopic (exact) mass is 484 g/mol. The lowest BCUT2D eigenvalue weighted by atomic mass is 9.83. The van der Waals surface area contributed by atoms with Gasteiger partial charge in [-0.2, -0.15) is 0 Å². The number of carbonyl (C=O) groups is 2. The molecule has 1 fully saturated rings. The second-order valence-electron chi connectivity index (χ2n) is 7.71. The maximum Gasteiger partial charge on any atom is 0.248 e. The van der Waals surface area contributed by atoms with E-state index in [1.54, 1.807) is 14.2 Å². The molecule has 3 atom stereocenters. The molecule has 2 aliphatic rings. The SMILES string of the molecule is COc1ccc([C@@H]2c3sc(=S)[nH]c3S[C@H]3C(=O)N(c4ccc(C)cc4)C(=O)[C@H]23)cc1OC. The normalized spacial score (nSPS) is 22.0. The summed E-state index contributed by atoms with van der Waals surface area (Å²) >= 11 is 8.25. The Morgan fingerprint density at radius 1 is 1.00 bits per heavy atom. The molecule has 0 unspecified atom stereocenters. The van der Waals surface area contributed by atoms with E-state index in [4.69, 9.17) is 21.7 Å². The average Bonchev–Trinajstić information content (AvgIpc) is 3.28. The second kappa shape index (κ2) is 8.06. The molecule has 0 saturated carbocycles. The molecule has 0 bridgehead atoms. The lowest BCUT2D eigenvalue weighted by molar-refractivity contribution is -0.122. The summed E-state index contributed by atoms with van der Waals surface area (Å²) in [7, 11) is 3.16. The third-order valence-electron chi connectivity index (χ3n) is 5.88. The van der Waals surface area contributed by atoms with E-state index in [2.05, 4.69) is 4.98 Å². The molecule has 0 radical (unpaired) electrons. The van der Waals surface area contributed by atoms with Crippen LogP contribution in [0.2, 0.25) is 0 Å². The number of carbonyl (C=O) groups excluding carboxylic acids is 2. The zero-order valence-corrected chi connectivity index (χ0v) is 20.0. The summed E-state index contributed by atoms with van der Waals surface area (Å²) in [6.45, 7) is 1.97. The van der Waals surface area contributed by atoms with Crippen molar-refractivity contribution in [2.24, 2.45) is 5.92 Å². The van der Waals surface area contributed by atoms with Gasteiger partial charge in [0.15, 0.2) is 15.5 Å². The summed E-state index contributed by atoms with van der Waals surface area (Å²) in [4.78, 5) is 32.7. The number of aryl methyl sites for hydroxylation is 1. The number of imide groups is 1. The molecule has 0 spiro atoms. The predicted molar refractivity (Wildman–Crippen MR) is 128 cm³/mol. The van der Waals surface area contributed by atoms with Crippen LogP contribution in [0.15, 0.2) is 47.5 Å². The molecule has 5 rings (SSSR count). The van der Waals surface area contributed by atoms with Gasteiger partial charge < -0.3 is 14.5 Å².